The number of benzene rings is 1. The zero-order valence-electron chi connectivity index (χ0n) is 21.1. The van der Waals surface area contributed by atoms with E-state index in [1.807, 2.05) is 71.0 Å². The summed E-state index contributed by atoms with van der Waals surface area (Å²) in [4.78, 5) is 26.1. The van der Waals surface area contributed by atoms with Gasteiger partial charge in [-0.2, -0.15) is 0 Å². The SMILES string of the molecule is CCCCCCCC(=O)c1ccc(/C=C/C2(N(C(=O)O)C(C)(C)C)COC(C)(C)OC2)cc1. The molecule has 1 N–H and O–H groups in total. The number of carboxylic acid groups (broad SMARTS) is 1. The molecule has 1 fully saturated rings. The van der Waals surface area contributed by atoms with Gasteiger partial charge in [-0.1, -0.05) is 69.0 Å². The molecule has 1 saturated heterocycles. The van der Waals surface area contributed by atoms with Gasteiger partial charge in [0.25, 0.3) is 0 Å². The Morgan fingerprint density at radius 3 is 2.12 bits per heavy atom. The number of carbonyl (C=O) groups excluding carboxylic acids is 1. The van der Waals surface area contributed by atoms with Crippen molar-refractivity contribution >= 4 is 18.0 Å². The molecular formula is C27H41NO5. The highest BCUT2D eigenvalue weighted by Gasteiger charge is 2.49. The van der Waals surface area contributed by atoms with Gasteiger partial charge in [0.05, 0.1) is 13.2 Å². The van der Waals surface area contributed by atoms with Crippen LogP contribution in [0.25, 0.3) is 6.08 Å². The van der Waals surface area contributed by atoms with Crippen LogP contribution in [0.3, 0.4) is 0 Å². The van der Waals surface area contributed by atoms with Gasteiger partial charge in [0.2, 0.25) is 0 Å². The molecule has 0 aliphatic carbocycles. The Bertz CT molecular complexity index is 810. The first-order valence-corrected chi connectivity index (χ1v) is 12.0. The number of Topliss-reactive ketones (excluding diaryl/α,β-unsaturated/α-hetero) is 1. The van der Waals surface area contributed by atoms with E-state index in [1.165, 1.54) is 24.2 Å². The Morgan fingerprint density at radius 1 is 1.03 bits per heavy atom. The molecule has 1 aromatic carbocycles. The van der Waals surface area contributed by atoms with Crippen molar-refractivity contribution in [3.63, 3.8) is 0 Å². The number of rotatable bonds is 10. The Hall–Kier alpha value is -2.18. The molecule has 0 spiro atoms. The molecule has 184 valence electrons. The van der Waals surface area contributed by atoms with Crippen LogP contribution in [0.15, 0.2) is 30.3 Å². The molecule has 2 rings (SSSR count). The van der Waals surface area contributed by atoms with Gasteiger partial charge in [0.15, 0.2) is 11.6 Å². The number of nitrogens with zero attached hydrogens (tertiary/aromatic N) is 1. The van der Waals surface area contributed by atoms with Crippen LogP contribution >= 0.6 is 0 Å². The van der Waals surface area contributed by atoms with Crippen LogP contribution in [0, 0.1) is 0 Å². The Labute approximate surface area is 199 Å². The molecule has 1 heterocycles. The fourth-order valence-electron chi connectivity index (χ4n) is 4.19. The highest BCUT2D eigenvalue weighted by Crippen LogP contribution is 2.34. The maximum Gasteiger partial charge on any atom is 0.408 e. The number of unbranched alkanes of at least 4 members (excludes halogenated alkanes) is 4. The lowest BCUT2D eigenvalue weighted by molar-refractivity contribution is -0.279. The number of carbonyl (C=O) groups is 2. The van der Waals surface area contributed by atoms with Gasteiger partial charge in [-0.05, 0) is 46.6 Å². The predicted molar refractivity (Wildman–Crippen MR) is 132 cm³/mol. The van der Waals surface area contributed by atoms with Crippen LogP contribution in [-0.2, 0) is 9.47 Å². The van der Waals surface area contributed by atoms with Crippen molar-refractivity contribution in [2.45, 2.75) is 96.9 Å². The maximum absolute atomic E-state index is 12.5. The lowest BCUT2D eigenvalue weighted by Crippen LogP contribution is -2.66. The zero-order chi connectivity index (χ0) is 24.7. The van der Waals surface area contributed by atoms with Crippen LogP contribution < -0.4 is 0 Å². The average Bonchev–Trinajstić information content (AvgIpc) is 2.73. The number of amides is 1. The van der Waals surface area contributed by atoms with Crippen molar-refractivity contribution < 1.29 is 24.2 Å². The summed E-state index contributed by atoms with van der Waals surface area (Å²) in [7, 11) is 0. The van der Waals surface area contributed by atoms with Gasteiger partial charge in [0, 0.05) is 17.5 Å². The monoisotopic (exact) mass is 459 g/mol. The minimum atomic E-state index is -1.03. The molecule has 1 aliphatic heterocycles. The van der Waals surface area contributed by atoms with Gasteiger partial charge < -0.3 is 14.6 Å². The standard InChI is InChI=1S/C27H41NO5/c1-7-8-9-10-11-12-23(29)22-15-13-21(14-16-22)17-18-27(19-32-26(5,6)33-20-27)28(24(30)31)25(2,3)4/h13-18H,7-12,19-20H2,1-6H3,(H,30,31)/b18-17+. The van der Waals surface area contributed by atoms with E-state index in [-0.39, 0.29) is 19.0 Å². The third-order valence-electron chi connectivity index (χ3n) is 5.97. The first-order valence-electron chi connectivity index (χ1n) is 12.0. The van der Waals surface area contributed by atoms with E-state index in [4.69, 9.17) is 9.47 Å². The summed E-state index contributed by atoms with van der Waals surface area (Å²) in [5.74, 6) is -0.600. The molecule has 0 aromatic heterocycles. The van der Waals surface area contributed by atoms with Gasteiger partial charge in [0.1, 0.15) is 5.54 Å². The Balaban J connectivity index is 2.17. The van der Waals surface area contributed by atoms with Crippen LogP contribution in [0.4, 0.5) is 4.79 Å². The summed E-state index contributed by atoms with van der Waals surface area (Å²) in [6.45, 7) is 11.8. The minimum Gasteiger partial charge on any atom is -0.465 e. The predicted octanol–water partition coefficient (Wildman–Crippen LogP) is 6.54. The fourth-order valence-corrected chi connectivity index (χ4v) is 4.19. The molecule has 0 bridgehead atoms. The second-order valence-electron chi connectivity index (χ2n) is 10.4. The van der Waals surface area contributed by atoms with Crippen LogP contribution in [0.2, 0.25) is 0 Å². The number of ether oxygens (including phenoxy) is 2. The molecule has 1 amide bonds. The maximum atomic E-state index is 12.5. The third-order valence-corrected chi connectivity index (χ3v) is 5.97. The first-order chi connectivity index (χ1) is 15.4. The van der Waals surface area contributed by atoms with Crippen molar-refractivity contribution in [1.29, 1.82) is 0 Å². The van der Waals surface area contributed by atoms with Gasteiger partial charge >= 0.3 is 6.09 Å². The highest BCUT2D eigenvalue weighted by molar-refractivity contribution is 5.96. The fraction of sp³-hybridized carbons (Fsp3) is 0.630. The molecule has 0 unspecified atom stereocenters. The van der Waals surface area contributed by atoms with E-state index < -0.39 is 23.0 Å². The third kappa shape index (κ3) is 7.68. The summed E-state index contributed by atoms with van der Waals surface area (Å²) in [5, 5.41) is 10.0. The summed E-state index contributed by atoms with van der Waals surface area (Å²) < 4.78 is 11.8. The quantitative estimate of drug-likeness (QED) is 0.317. The van der Waals surface area contributed by atoms with E-state index in [0.29, 0.717) is 12.0 Å². The largest absolute Gasteiger partial charge is 0.465 e. The summed E-state index contributed by atoms with van der Waals surface area (Å²) in [6, 6.07) is 7.48. The second-order valence-corrected chi connectivity index (χ2v) is 10.4. The highest BCUT2D eigenvalue weighted by atomic mass is 16.7. The molecule has 1 aromatic rings. The minimum absolute atomic E-state index is 0.166. The molecule has 0 saturated carbocycles. The van der Waals surface area contributed by atoms with Crippen molar-refractivity contribution in [3.05, 3.63) is 41.5 Å². The molecule has 33 heavy (non-hydrogen) atoms. The summed E-state index contributed by atoms with van der Waals surface area (Å²) >= 11 is 0. The number of hydrogen-bond acceptors (Lipinski definition) is 4. The molecule has 6 heteroatoms. The summed E-state index contributed by atoms with van der Waals surface area (Å²) in [5.41, 5.74) is -0.0204. The molecule has 0 radical (unpaired) electrons. The zero-order valence-corrected chi connectivity index (χ0v) is 21.1. The molecule has 1 aliphatic rings. The van der Waals surface area contributed by atoms with Crippen molar-refractivity contribution in [1.82, 2.24) is 4.90 Å². The van der Waals surface area contributed by atoms with Gasteiger partial charge in [-0.15, -0.1) is 0 Å². The van der Waals surface area contributed by atoms with E-state index >= 15 is 0 Å². The van der Waals surface area contributed by atoms with Crippen molar-refractivity contribution in [3.8, 4) is 0 Å². The molecule has 6 nitrogen and oxygen atoms in total. The van der Waals surface area contributed by atoms with Crippen LogP contribution in [0.5, 0.6) is 0 Å². The van der Waals surface area contributed by atoms with E-state index in [9.17, 15) is 14.7 Å². The number of hydrogen-bond donors (Lipinski definition) is 1. The Kier molecular flexibility index (Phi) is 9.27. The second kappa shape index (κ2) is 11.3. The van der Waals surface area contributed by atoms with E-state index in [0.717, 1.165) is 18.4 Å². The lowest BCUT2D eigenvalue weighted by atomic mass is 9.90. The van der Waals surface area contributed by atoms with E-state index in [2.05, 4.69) is 6.92 Å². The molecule has 0 atom stereocenters. The van der Waals surface area contributed by atoms with Gasteiger partial charge in [-0.25, -0.2) is 4.79 Å². The average molecular weight is 460 g/mol. The smallest absolute Gasteiger partial charge is 0.408 e. The Morgan fingerprint density at radius 2 is 1.61 bits per heavy atom. The molecular weight excluding hydrogens is 418 g/mol. The lowest BCUT2D eigenvalue weighted by Gasteiger charge is -2.51. The van der Waals surface area contributed by atoms with Gasteiger partial charge in [-0.3, -0.25) is 9.69 Å². The summed E-state index contributed by atoms with van der Waals surface area (Å²) in [6.07, 6.45) is 8.90. The normalized spacial score (nSPS) is 17.8. The van der Waals surface area contributed by atoms with E-state index in [1.54, 1.807) is 0 Å². The van der Waals surface area contributed by atoms with Crippen molar-refractivity contribution in [2.24, 2.45) is 0 Å². The topological polar surface area (TPSA) is 76.1 Å². The van der Waals surface area contributed by atoms with Crippen molar-refractivity contribution in [2.75, 3.05) is 13.2 Å². The first kappa shape index (κ1) is 27.1. The van der Waals surface area contributed by atoms with Crippen LogP contribution in [0.1, 0.15) is 96.0 Å². The van der Waals surface area contributed by atoms with Crippen LogP contribution in [-0.4, -0.2) is 52.0 Å². The number of ketones is 1.